The molecule has 2 nitrogen and oxygen atoms in total. The normalized spacial score (nSPS) is 37.4. The molecular weight excluding hydrogens is 244 g/mol. The highest BCUT2D eigenvalue weighted by Gasteiger charge is 2.41. The summed E-state index contributed by atoms with van der Waals surface area (Å²) in [6, 6.07) is 0. The van der Waals surface area contributed by atoms with Gasteiger partial charge in [0, 0.05) is 24.7 Å². The van der Waals surface area contributed by atoms with E-state index in [0.717, 1.165) is 44.5 Å². The lowest BCUT2D eigenvalue weighted by Crippen LogP contribution is -2.40. The number of carbonyl (C=O) groups is 1. The van der Waals surface area contributed by atoms with Crippen LogP contribution in [0.1, 0.15) is 51.4 Å². The van der Waals surface area contributed by atoms with Crippen molar-refractivity contribution in [3.63, 3.8) is 0 Å². The molecule has 3 fully saturated rings. The molecular formula is C15H24O2S. The first-order valence-electron chi connectivity index (χ1n) is 7.52. The number of hydrogen-bond donors (Lipinski definition) is 0. The van der Waals surface area contributed by atoms with Crippen molar-refractivity contribution < 1.29 is 9.53 Å². The van der Waals surface area contributed by atoms with Gasteiger partial charge in [0.25, 0.3) is 0 Å². The molecule has 3 heteroatoms. The molecule has 0 bridgehead atoms. The highest BCUT2D eigenvalue weighted by atomic mass is 32.2. The van der Waals surface area contributed by atoms with E-state index >= 15 is 0 Å². The quantitative estimate of drug-likeness (QED) is 0.784. The molecule has 3 rings (SSSR count). The number of ether oxygens (including phenoxy) is 1. The third-order valence-electron chi connectivity index (χ3n) is 4.96. The van der Waals surface area contributed by atoms with Gasteiger partial charge in [-0.05, 0) is 43.8 Å². The summed E-state index contributed by atoms with van der Waals surface area (Å²) in [6.45, 7) is 0.878. The van der Waals surface area contributed by atoms with Crippen molar-refractivity contribution in [3.8, 4) is 0 Å². The molecule has 0 amide bonds. The maximum absolute atomic E-state index is 12.3. The minimum Gasteiger partial charge on any atom is -0.374 e. The van der Waals surface area contributed by atoms with E-state index in [1.54, 1.807) is 0 Å². The molecule has 2 saturated heterocycles. The maximum Gasteiger partial charge on any atom is 0.136 e. The van der Waals surface area contributed by atoms with Crippen molar-refractivity contribution in [1.82, 2.24) is 0 Å². The summed E-state index contributed by atoms with van der Waals surface area (Å²) in [4.78, 5) is 12.3. The van der Waals surface area contributed by atoms with Gasteiger partial charge in [0.15, 0.2) is 0 Å². The monoisotopic (exact) mass is 268 g/mol. The topological polar surface area (TPSA) is 26.3 Å². The minimum atomic E-state index is 0.142. The second-order valence-electron chi connectivity index (χ2n) is 6.34. The van der Waals surface area contributed by atoms with Gasteiger partial charge in [-0.15, -0.1) is 0 Å². The molecule has 0 N–H and O–H groups in total. The number of Topliss-reactive ketones (excluding diaryl/α,β-unsaturated/α-hetero) is 1. The average Bonchev–Trinajstić information content (AvgIpc) is 3.01. The van der Waals surface area contributed by atoms with Gasteiger partial charge in [-0.1, -0.05) is 12.8 Å². The third kappa shape index (κ3) is 2.77. The van der Waals surface area contributed by atoms with Crippen LogP contribution in [0.2, 0.25) is 0 Å². The van der Waals surface area contributed by atoms with Gasteiger partial charge in [0.1, 0.15) is 5.78 Å². The van der Waals surface area contributed by atoms with Crippen molar-refractivity contribution in [1.29, 1.82) is 0 Å². The van der Waals surface area contributed by atoms with Crippen LogP contribution in [0, 0.1) is 11.8 Å². The van der Waals surface area contributed by atoms with Crippen LogP contribution in [0.15, 0.2) is 0 Å². The fraction of sp³-hybridized carbons (Fsp3) is 0.933. The van der Waals surface area contributed by atoms with Gasteiger partial charge < -0.3 is 4.74 Å². The van der Waals surface area contributed by atoms with Crippen LogP contribution in [-0.2, 0) is 9.53 Å². The number of thioether (sulfide) groups is 1. The van der Waals surface area contributed by atoms with Crippen LogP contribution in [0.5, 0.6) is 0 Å². The van der Waals surface area contributed by atoms with Crippen LogP contribution >= 0.6 is 11.8 Å². The Labute approximate surface area is 114 Å². The minimum absolute atomic E-state index is 0.142. The predicted molar refractivity (Wildman–Crippen MR) is 74.9 cm³/mol. The van der Waals surface area contributed by atoms with Gasteiger partial charge in [0.2, 0.25) is 0 Å². The van der Waals surface area contributed by atoms with Gasteiger partial charge in [0.05, 0.1) is 5.60 Å². The Morgan fingerprint density at radius 3 is 2.83 bits per heavy atom. The number of ketones is 1. The van der Waals surface area contributed by atoms with Gasteiger partial charge >= 0.3 is 0 Å². The lowest BCUT2D eigenvalue weighted by atomic mass is 9.81. The molecule has 18 heavy (non-hydrogen) atoms. The lowest BCUT2D eigenvalue weighted by Gasteiger charge is -2.37. The van der Waals surface area contributed by atoms with Crippen molar-refractivity contribution >= 4 is 17.5 Å². The Kier molecular flexibility index (Phi) is 4.00. The highest BCUT2D eigenvalue weighted by Crippen LogP contribution is 2.42. The van der Waals surface area contributed by atoms with E-state index < -0.39 is 0 Å². The Balaban J connectivity index is 1.54. The van der Waals surface area contributed by atoms with E-state index in [2.05, 4.69) is 0 Å². The summed E-state index contributed by atoms with van der Waals surface area (Å²) in [5.41, 5.74) is 0.142. The van der Waals surface area contributed by atoms with Crippen molar-refractivity contribution in [2.75, 3.05) is 18.1 Å². The summed E-state index contributed by atoms with van der Waals surface area (Å²) in [5.74, 6) is 3.96. The maximum atomic E-state index is 12.3. The first-order valence-corrected chi connectivity index (χ1v) is 8.67. The van der Waals surface area contributed by atoms with E-state index in [1.807, 2.05) is 11.8 Å². The van der Waals surface area contributed by atoms with Crippen molar-refractivity contribution in [3.05, 3.63) is 0 Å². The van der Waals surface area contributed by atoms with Crippen LogP contribution in [0.25, 0.3) is 0 Å². The first kappa shape index (κ1) is 13.0. The summed E-state index contributed by atoms with van der Waals surface area (Å²) in [7, 11) is 0. The second kappa shape index (κ2) is 5.54. The first-order chi connectivity index (χ1) is 8.77. The SMILES string of the molecule is O=C(CC1CCOC2(CCSC2)C1)C1CCCC1. The Bertz CT molecular complexity index is 304. The molecule has 1 aliphatic carbocycles. The number of hydrogen-bond acceptors (Lipinski definition) is 3. The predicted octanol–water partition coefficient (Wildman–Crippen LogP) is 3.44. The Morgan fingerprint density at radius 2 is 2.11 bits per heavy atom. The summed E-state index contributed by atoms with van der Waals surface area (Å²) >= 11 is 2.02. The number of carbonyl (C=O) groups excluding carboxylic acids is 1. The van der Waals surface area contributed by atoms with Crippen LogP contribution < -0.4 is 0 Å². The largest absolute Gasteiger partial charge is 0.374 e. The third-order valence-corrected chi connectivity index (χ3v) is 6.19. The van der Waals surface area contributed by atoms with E-state index in [-0.39, 0.29) is 5.60 Å². The zero-order valence-corrected chi connectivity index (χ0v) is 12.0. The smallest absolute Gasteiger partial charge is 0.136 e. The Hall–Kier alpha value is -0.0200. The summed E-state index contributed by atoms with van der Waals surface area (Å²) in [5, 5.41) is 0. The van der Waals surface area contributed by atoms with Crippen LogP contribution in [0.4, 0.5) is 0 Å². The molecule has 2 aliphatic heterocycles. The Morgan fingerprint density at radius 1 is 1.28 bits per heavy atom. The standard InChI is InChI=1S/C15H24O2S/c16-14(13-3-1-2-4-13)9-12-5-7-17-15(10-12)6-8-18-11-15/h12-13H,1-11H2. The molecule has 1 saturated carbocycles. The van der Waals surface area contributed by atoms with E-state index in [0.29, 0.717) is 17.6 Å². The van der Waals surface area contributed by atoms with E-state index in [1.165, 1.54) is 25.0 Å². The molecule has 0 radical (unpaired) electrons. The highest BCUT2D eigenvalue weighted by molar-refractivity contribution is 7.99. The van der Waals surface area contributed by atoms with Gasteiger partial charge in [-0.25, -0.2) is 0 Å². The van der Waals surface area contributed by atoms with Gasteiger partial charge in [-0.3, -0.25) is 4.79 Å². The molecule has 3 aliphatic rings. The molecule has 1 spiro atoms. The van der Waals surface area contributed by atoms with E-state index in [9.17, 15) is 4.79 Å². The molecule has 2 heterocycles. The van der Waals surface area contributed by atoms with Crippen LogP contribution in [0.3, 0.4) is 0 Å². The molecule has 0 aromatic rings. The summed E-state index contributed by atoms with van der Waals surface area (Å²) in [6.07, 6.45) is 9.12. The van der Waals surface area contributed by atoms with Crippen molar-refractivity contribution in [2.45, 2.75) is 57.0 Å². The molecule has 2 unspecified atom stereocenters. The second-order valence-corrected chi connectivity index (χ2v) is 7.45. The summed E-state index contributed by atoms with van der Waals surface area (Å²) < 4.78 is 6.03. The van der Waals surface area contributed by atoms with Crippen LogP contribution in [-0.4, -0.2) is 29.5 Å². The molecule has 2 atom stereocenters. The zero-order valence-electron chi connectivity index (χ0n) is 11.2. The fourth-order valence-electron chi connectivity index (χ4n) is 3.87. The van der Waals surface area contributed by atoms with E-state index in [4.69, 9.17) is 4.74 Å². The van der Waals surface area contributed by atoms with Gasteiger partial charge in [-0.2, -0.15) is 11.8 Å². The molecule has 102 valence electrons. The lowest BCUT2D eigenvalue weighted by molar-refractivity contribution is -0.126. The molecule has 0 aromatic heterocycles. The zero-order chi connectivity index (χ0) is 12.4. The van der Waals surface area contributed by atoms with Crippen molar-refractivity contribution in [2.24, 2.45) is 11.8 Å². The number of rotatable bonds is 3. The average molecular weight is 268 g/mol. The fourth-order valence-corrected chi connectivity index (χ4v) is 5.24. The molecule has 0 aromatic carbocycles.